The fraction of sp³-hybridized carbons (Fsp3) is 0.500. The lowest BCUT2D eigenvalue weighted by Crippen LogP contribution is -2.05. The van der Waals surface area contributed by atoms with Gasteiger partial charge in [-0.25, -0.2) is 4.98 Å². The van der Waals surface area contributed by atoms with Crippen LogP contribution in [0.3, 0.4) is 0 Å². The number of esters is 1. The Morgan fingerprint density at radius 2 is 2.24 bits per heavy atom. The molecule has 5 heteroatoms. The summed E-state index contributed by atoms with van der Waals surface area (Å²) in [5.41, 5.74) is 0. The smallest absolute Gasteiger partial charge is 0.305 e. The van der Waals surface area contributed by atoms with Gasteiger partial charge in [0.2, 0.25) is 0 Å². The Balaban J connectivity index is 2.19. The number of carbonyl (C=O) groups is 1. The first-order chi connectivity index (χ1) is 8.26. The summed E-state index contributed by atoms with van der Waals surface area (Å²) >= 11 is 0. The van der Waals surface area contributed by atoms with E-state index in [-0.39, 0.29) is 5.97 Å². The van der Waals surface area contributed by atoms with E-state index in [1.165, 1.54) is 7.11 Å². The van der Waals surface area contributed by atoms with Crippen molar-refractivity contribution in [3.63, 3.8) is 0 Å². The van der Waals surface area contributed by atoms with E-state index in [9.17, 15) is 4.79 Å². The van der Waals surface area contributed by atoms with E-state index >= 15 is 0 Å². The van der Waals surface area contributed by atoms with Crippen molar-refractivity contribution in [1.29, 1.82) is 0 Å². The van der Waals surface area contributed by atoms with Crippen molar-refractivity contribution in [2.24, 2.45) is 0 Å². The molecule has 17 heavy (non-hydrogen) atoms. The summed E-state index contributed by atoms with van der Waals surface area (Å²) in [4.78, 5) is 15.0. The zero-order valence-electron chi connectivity index (χ0n) is 10.2. The highest BCUT2D eigenvalue weighted by Crippen LogP contribution is 2.13. The zero-order chi connectivity index (χ0) is 12.5. The molecule has 0 amide bonds. The lowest BCUT2D eigenvalue weighted by Gasteiger charge is -2.06. The molecule has 0 radical (unpaired) electrons. The largest absolute Gasteiger partial charge is 0.497 e. The van der Waals surface area contributed by atoms with Gasteiger partial charge in [-0.15, -0.1) is 0 Å². The molecule has 0 aliphatic carbocycles. The topological polar surface area (TPSA) is 60.5 Å². The quantitative estimate of drug-likeness (QED) is 0.580. The third-order valence-corrected chi connectivity index (χ3v) is 2.31. The minimum absolute atomic E-state index is 0.162. The number of hydrogen-bond donors (Lipinski definition) is 1. The molecule has 1 N–H and O–H groups in total. The average Bonchev–Trinajstić information content (AvgIpc) is 2.38. The molecule has 0 saturated carbocycles. The maximum absolute atomic E-state index is 10.9. The maximum Gasteiger partial charge on any atom is 0.305 e. The summed E-state index contributed by atoms with van der Waals surface area (Å²) in [6, 6.07) is 3.63. The van der Waals surface area contributed by atoms with Gasteiger partial charge >= 0.3 is 5.97 Å². The molecule has 0 aliphatic rings. The van der Waals surface area contributed by atoms with Gasteiger partial charge < -0.3 is 14.8 Å². The third kappa shape index (κ3) is 5.19. The zero-order valence-corrected chi connectivity index (χ0v) is 10.2. The van der Waals surface area contributed by atoms with Crippen LogP contribution in [0.2, 0.25) is 0 Å². The third-order valence-electron chi connectivity index (χ3n) is 2.31. The molecule has 94 valence electrons. The summed E-state index contributed by atoms with van der Waals surface area (Å²) in [7, 11) is 3.02. The summed E-state index contributed by atoms with van der Waals surface area (Å²) < 4.78 is 9.64. The fourth-order valence-corrected chi connectivity index (χ4v) is 1.35. The number of methoxy groups -OCH3 is 2. The van der Waals surface area contributed by atoms with Crippen molar-refractivity contribution in [2.75, 3.05) is 26.1 Å². The summed E-state index contributed by atoms with van der Waals surface area (Å²) in [6.07, 6.45) is 3.86. The summed E-state index contributed by atoms with van der Waals surface area (Å²) in [5.74, 6) is 1.39. The predicted molar refractivity (Wildman–Crippen MR) is 65.1 cm³/mol. The number of nitrogens with zero attached hydrogens (tertiary/aromatic N) is 1. The number of carbonyl (C=O) groups excluding carboxylic acids is 1. The van der Waals surface area contributed by atoms with Gasteiger partial charge in [-0.1, -0.05) is 0 Å². The highest BCUT2D eigenvalue weighted by Gasteiger charge is 2.00. The van der Waals surface area contributed by atoms with E-state index in [0.29, 0.717) is 6.42 Å². The monoisotopic (exact) mass is 238 g/mol. The number of nitrogens with one attached hydrogen (secondary N) is 1. The minimum atomic E-state index is -0.162. The van der Waals surface area contributed by atoms with Crippen molar-refractivity contribution in [2.45, 2.75) is 19.3 Å². The van der Waals surface area contributed by atoms with Crippen molar-refractivity contribution in [1.82, 2.24) is 4.98 Å². The second-order valence-corrected chi connectivity index (χ2v) is 3.54. The van der Waals surface area contributed by atoms with E-state index in [1.807, 2.05) is 6.07 Å². The van der Waals surface area contributed by atoms with Gasteiger partial charge in [0.15, 0.2) is 0 Å². The first-order valence-electron chi connectivity index (χ1n) is 5.57. The molecule has 0 spiro atoms. The van der Waals surface area contributed by atoms with E-state index in [0.717, 1.165) is 31.0 Å². The highest BCUT2D eigenvalue weighted by molar-refractivity contribution is 5.68. The highest BCUT2D eigenvalue weighted by atomic mass is 16.5. The number of anilines is 1. The number of pyridine rings is 1. The molecular weight excluding hydrogens is 220 g/mol. The lowest BCUT2D eigenvalue weighted by molar-refractivity contribution is -0.140. The molecule has 0 aliphatic heterocycles. The molecule has 0 atom stereocenters. The van der Waals surface area contributed by atoms with E-state index in [4.69, 9.17) is 4.74 Å². The molecule has 0 saturated heterocycles. The van der Waals surface area contributed by atoms with Gasteiger partial charge in [0, 0.05) is 25.2 Å². The first-order valence-corrected chi connectivity index (χ1v) is 5.57. The number of aromatic nitrogens is 1. The molecule has 1 aromatic heterocycles. The first kappa shape index (κ1) is 13.3. The normalized spacial score (nSPS) is 9.76. The van der Waals surface area contributed by atoms with Crippen molar-refractivity contribution in [3.05, 3.63) is 18.3 Å². The molecule has 0 unspecified atom stereocenters. The second kappa shape index (κ2) is 7.49. The maximum atomic E-state index is 10.9. The van der Waals surface area contributed by atoms with E-state index in [2.05, 4.69) is 15.0 Å². The number of rotatable bonds is 7. The van der Waals surface area contributed by atoms with Gasteiger partial charge in [-0.3, -0.25) is 4.79 Å². The summed E-state index contributed by atoms with van der Waals surface area (Å²) in [5, 5.41) is 3.17. The van der Waals surface area contributed by atoms with Crippen LogP contribution in [-0.4, -0.2) is 31.7 Å². The van der Waals surface area contributed by atoms with Crippen molar-refractivity contribution < 1.29 is 14.3 Å². The van der Waals surface area contributed by atoms with Gasteiger partial charge in [-0.2, -0.15) is 0 Å². The van der Waals surface area contributed by atoms with Crippen LogP contribution in [0.1, 0.15) is 19.3 Å². The number of unbranched alkanes of at least 4 members (excludes halogenated alkanes) is 1. The molecule has 0 fully saturated rings. The standard InChI is InChI=1S/C12H18N2O3/c1-16-10-6-8-14-11(9-10)13-7-4-3-5-12(15)17-2/h6,8-9H,3-5,7H2,1-2H3,(H,13,14). The van der Waals surface area contributed by atoms with Crippen LogP contribution < -0.4 is 10.1 Å². The van der Waals surface area contributed by atoms with Crippen LogP contribution in [0.25, 0.3) is 0 Å². The Morgan fingerprint density at radius 3 is 2.94 bits per heavy atom. The lowest BCUT2D eigenvalue weighted by atomic mass is 10.2. The van der Waals surface area contributed by atoms with Gasteiger partial charge in [-0.05, 0) is 18.9 Å². The Hall–Kier alpha value is -1.78. The van der Waals surface area contributed by atoms with Gasteiger partial charge in [0.05, 0.1) is 14.2 Å². The van der Waals surface area contributed by atoms with Crippen LogP contribution in [0, 0.1) is 0 Å². The van der Waals surface area contributed by atoms with Gasteiger partial charge in [0.25, 0.3) is 0 Å². The molecule has 0 aromatic carbocycles. The van der Waals surface area contributed by atoms with Crippen LogP contribution in [-0.2, 0) is 9.53 Å². The Bertz CT molecular complexity index is 355. The van der Waals surface area contributed by atoms with Crippen LogP contribution >= 0.6 is 0 Å². The van der Waals surface area contributed by atoms with Crippen LogP contribution in [0.4, 0.5) is 5.82 Å². The molecule has 1 rings (SSSR count). The van der Waals surface area contributed by atoms with Crippen molar-refractivity contribution in [3.8, 4) is 5.75 Å². The Labute approximate surface area is 101 Å². The van der Waals surface area contributed by atoms with Crippen molar-refractivity contribution >= 4 is 11.8 Å². The van der Waals surface area contributed by atoms with Crippen LogP contribution in [0.5, 0.6) is 5.75 Å². The van der Waals surface area contributed by atoms with Gasteiger partial charge in [0.1, 0.15) is 11.6 Å². The average molecular weight is 238 g/mol. The second-order valence-electron chi connectivity index (χ2n) is 3.54. The molecule has 0 bridgehead atoms. The van der Waals surface area contributed by atoms with Crippen LogP contribution in [0.15, 0.2) is 18.3 Å². The Morgan fingerprint density at radius 1 is 1.41 bits per heavy atom. The molecule has 5 nitrogen and oxygen atoms in total. The minimum Gasteiger partial charge on any atom is -0.497 e. The summed E-state index contributed by atoms with van der Waals surface area (Å²) in [6.45, 7) is 0.775. The SMILES string of the molecule is COC(=O)CCCCNc1cc(OC)ccn1. The Kier molecular flexibility index (Phi) is 5.85. The fourth-order valence-electron chi connectivity index (χ4n) is 1.35. The predicted octanol–water partition coefficient (Wildman–Crippen LogP) is 1.85. The molecule has 1 aromatic rings. The number of hydrogen-bond acceptors (Lipinski definition) is 5. The molecular formula is C12H18N2O3. The van der Waals surface area contributed by atoms with E-state index < -0.39 is 0 Å². The van der Waals surface area contributed by atoms with E-state index in [1.54, 1.807) is 19.4 Å². The molecule has 1 heterocycles. The number of ether oxygens (including phenoxy) is 2.